The number of hydrogen-bond donors (Lipinski definition) is 2. The van der Waals surface area contributed by atoms with Gasteiger partial charge in [0.15, 0.2) is 0 Å². The summed E-state index contributed by atoms with van der Waals surface area (Å²) in [5.74, 6) is -0.524. The van der Waals surface area contributed by atoms with E-state index in [4.69, 9.17) is 9.47 Å². The van der Waals surface area contributed by atoms with E-state index in [1.165, 1.54) is 18.8 Å². The van der Waals surface area contributed by atoms with Crippen LogP contribution in [-0.4, -0.2) is 35.8 Å². The molecule has 2 aromatic carbocycles. The first-order valence-corrected chi connectivity index (χ1v) is 12.8. The molecule has 1 amide bonds. The average molecular weight is 521 g/mol. The molecule has 0 bridgehead atoms. The van der Waals surface area contributed by atoms with Gasteiger partial charge in [-0.15, -0.1) is 0 Å². The maximum Gasteiger partial charge on any atom is 0.305 e. The molecule has 8 heteroatoms. The Labute approximate surface area is 223 Å². The Hall–Kier alpha value is -4.07. The monoisotopic (exact) mass is 520 g/mol. The molecule has 3 aromatic rings. The van der Waals surface area contributed by atoms with E-state index in [9.17, 15) is 19.5 Å². The predicted molar refractivity (Wildman–Crippen MR) is 146 cm³/mol. The minimum atomic E-state index is -1.07. The molecule has 0 saturated carbocycles. The molecule has 202 valence electrons. The van der Waals surface area contributed by atoms with Crippen molar-refractivity contribution in [3.05, 3.63) is 93.4 Å². The number of carbonyl (C=O) groups is 2. The van der Waals surface area contributed by atoms with Crippen LogP contribution >= 0.6 is 0 Å². The molecule has 0 aliphatic carbocycles. The number of aromatic nitrogens is 1. The Balaban J connectivity index is 1.99. The van der Waals surface area contributed by atoms with Crippen LogP contribution < -0.4 is 20.3 Å². The van der Waals surface area contributed by atoms with Crippen LogP contribution in [0.3, 0.4) is 0 Å². The third kappa shape index (κ3) is 7.47. The van der Waals surface area contributed by atoms with Crippen LogP contribution in [0.1, 0.15) is 66.9 Å². The number of pyridine rings is 1. The van der Waals surface area contributed by atoms with Crippen LogP contribution in [0.25, 0.3) is 0 Å². The van der Waals surface area contributed by atoms with Gasteiger partial charge in [0.25, 0.3) is 5.56 Å². The lowest BCUT2D eigenvalue weighted by molar-refractivity contribution is -0.138. The van der Waals surface area contributed by atoms with Crippen molar-refractivity contribution in [2.45, 2.75) is 58.0 Å². The number of carboxylic acid groups (broad SMARTS) is 1. The number of aryl methyl sites for hydroxylation is 1. The topological polar surface area (TPSA) is 107 Å². The van der Waals surface area contributed by atoms with Gasteiger partial charge in [0.1, 0.15) is 17.5 Å². The van der Waals surface area contributed by atoms with Gasteiger partial charge in [0.05, 0.1) is 26.7 Å². The second kappa shape index (κ2) is 13.5. The molecular weight excluding hydrogens is 484 g/mol. The molecule has 2 atom stereocenters. The number of rotatable bonds is 13. The zero-order valence-corrected chi connectivity index (χ0v) is 22.4. The molecule has 3 rings (SSSR count). The zero-order chi connectivity index (χ0) is 27.7. The fraction of sp³-hybridized carbons (Fsp3) is 0.367. The van der Waals surface area contributed by atoms with Crippen LogP contribution in [0.15, 0.2) is 65.6 Å². The number of carboxylic acids is 1. The molecule has 38 heavy (non-hydrogen) atoms. The van der Waals surface area contributed by atoms with E-state index in [-0.39, 0.29) is 12.0 Å². The largest absolute Gasteiger partial charge is 0.497 e. The number of methoxy groups -OCH3 is 2. The highest BCUT2D eigenvalue weighted by molar-refractivity contribution is 5.81. The van der Waals surface area contributed by atoms with E-state index in [1.54, 1.807) is 24.4 Å². The highest BCUT2D eigenvalue weighted by Gasteiger charge is 2.27. The van der Waals surface area contributed by atoms with Crippen LogP contribution in [0, 0.1) is 6.92 Å². The van der Waals surface area contributed by atoms with Crippen LogP contribution in [0.2, 0.25) is 0 Å². The number of hydrogen-bond acceptors (Lipinski definition) is 5. The zero-order valence-electron chi connectivity index (χ0n) is 22.4. The molecule has 0 spiro atoms. The standard InChI is InChI=1S/C30H36N2O6/c1-5-6-12-27(32-19-20(2)13-23(30(32)36)14-21-10-8-7-9-11-21)29(35)31-26(18-28(33)34)22-15-24(37-3)17-25(16-22)38-4/h7-11,13,15-17,19,26-27H,5-6,12,14,18H2,1-4H3,(H,31,35)(H,33,34)/t26-,27?/m1/s1. The van der Waals surface area contributed by atoms with Gasteiger partial charge in [0, 0.05) is 24.2 Å². The van der Waals surface area contributed by atoms with Gasteiger partial charge in [-0.05, 0) is 48.2 Å². The Kier molecular flexibility index (Phi) is 10.1. The molecule has 0 fully saturated rings. The summed E-state index contributed by atoms with van der Waals surface area (Å²) in [6.45, 7) is 3.92. The fourth-order valence-electron chi connectivity index (χ4n) is 4.51. The van der Waals surface area contributed by atoms with Gasteiger partial charge >= 0.3 is 5.97 Å². The lowest BCUT2D eigenvalue weighted by atomic mass is 10.0. The molecular formula is C30H36N2O6. The van der Waals surface area contributed by atoms with Crippen molar-refractivity contribution in [2.75, 3.05) is 14.2 Å². The van der Waals surface area contributed by atoms with Gasteiger partial charge < -0.3 is 24.5 Å². The molecule has 1 unspecified atom stereocenters. The van der Waals surface area contributed by atoms with Crippen molar-refractivity contribution >= 4 is 11.9 Å². The minimum Gasteiger partial charge on any atom is -0.497 e. The van der Waals surface area contributed by atoms with Crippen LogP contribution in [0.5, 0.6) is 11.5 Å². The van der Waals surface area contributed by atoms with Crippen molar-refractivity contribution in [2.24, 2.45) is 0 Å². The molecule has 0 radical (unpaired) electrons. The van der Waals surface area contributed by atoms with E-state index in [2.05, 4.69) is 5.32 Å². The molecule has 0 saturated heterocycles. The van der Waals surface area contributed by atoms with Crippen molar-refractivity contribution in [1.29, 1.82) is 0 Å². The summed E-state index contributed by atoms with van der Waals surface area (Å²) < 4.78 is 12.2. The van der Waals surface area contributed by atoms with Crippen LogP contribution in [-0.2, 0) is 16.0 Å². The molecule has 8 nitrogen and oxygen atoms in total. The van der Waals surface area contributed by atoms with E-state index >= 15 is 0 Å². The van der Waals surface area contributed by atoms with E-state index in [0.717, 1.165) is 24.0 Å². The van der Waals surface area contributed by atoms with Gasteiger partial charge in [-0.2, -0.15) is 0 Å². The van der Waals surface area contributed by atoms with Crippen molar-refractivity contribution < 1.29 is 24.2 Å². The molecule has 1 heterocycles. The molecule has 2 N–H and O–H groups in total. The maximum atomic E-state index is 13.7. The third-order valence-electron chi connectivity index (χ3n) is 6.43. The first-order valence-electron chi connectivity index (χ1n) is 12.8. The summed E-state index contributed by atoms with van der Waals surface area (Å²) in [7, 11) is 3.00. The first kappa shape index (κ1) is 28.5. The smallest absolute Gasteiger partial charge is 0.305 e. The quantitative estimate of drug-likeness (QED) is 0.334. The lowest BCUT2D eigenvalue weighted by Gasteiger charge is -2.25. The number of unbranched alkanes of at least 4 members (excludes halogenated alkanes) is 1. The second-order valence-corrected chi connectivity index (χ2v) is 9.38. The van der Waals surface area contributed by atoms with Crippen molar-refractivity contribution in [3.63, 3.8) is 0 Å². The van der Waals surface area contributed by atoms with Crippen molar-refractivity contribution in [3.8, 4) is 11.5 Å². The SMILES string of the molecule is CCCCC(C(=O)N[C@H](CC(=O)O)c1cc(OC)cc(OC)c1)n1cc(C)cc(Cc2ccccc2)c1=O. The van der Waals surface area contributed by atoms with Gasteiger partial charge in [-0.25, -0.2) is 0 Å². The number of nitrogens with one attached hydrogen (secondary N) is 1. The maximum absolute atomic E-state index is 13.7. The van der Waals surface area contributed by atoms with Crippen LogP contribution in [0.4, 0.5) is 0 Å². The first-order chi connectivity index (χ1) is 18.2. The van der Waals surface area contributed by atoms with Gasteiger partial charge in [-0.1, -0.05) is 50.1 Å². The summed E-state index contributed by atoms with van der Waals surface area (Å²) in [5, 5.41) is 12.5. The normalized spacial score (nSPS) is 12.4. The number of amides is 1. The number of nitrogens with zero attached hydrogens (tertiary/aromatic N) is 1. The molecule has 0 aliphatic heterocycles. The number of benzene rings is 2. The number of carbonyl (C=O) groups excluding carboxylic acids is 1. The van der Waals surface area contributed by atoms with Gasteiger partial charge in [-0.3, -0.25) is 14.4 Å². The fourth-order valence-corrected chi connectivity index (χ4v) is 4.51. The summed E-state index contributed by atoms with van der Waals surface area (Å²) >= 11 is 0. The number of ether oxygens (including phenoxy) is 2. The predicted octanol–water partition coefficient (Wildman–Crippen LogP) is 4.83. The van der Waals surface area contributed by atoms with E-state index < -0.39 is 24.0 Å². The summed E-state index contributed by atoms with van der Waals surface area (Å²) in [4.78, 5) is 39.1. The summed E-state index contributed by atoms with van der Waals surface area (Å²) in [6.07, 6.45) is 3.82. The van der Waals surface area contributed by atoms with E-state index in [1.807, 2.05) is 50.2 Å². The second-order valence-electron chi connectivity index (χ2n) is 9.38. The third-order valence-corrected chi connectivity index (χ3v) is 6.43. The Bertz CT molecular complexity index is 1280. The Morgan fingerprint density at radius 2 is 1.68 bits per heavy atom. The highest BCUT2D eigenvalue weighted by atomic mass is 16.5. The highest BCUT2D eigenvalue weighted by Crippen LogP contribution is 2.29. The summed E-state index contributed by atoms with van der Waals surface area (Å²) in [6, 6.07) is 15.0. The van der Waals surface area contributed by atoms with Gasteiger partial charge in [0.2, 0.25) is 5.91 Å². The Morgan fingerprint density at radius 1 is 1.03 bits per heavy atom. The molecule has 0 aliphatic rings. The molecule has 1 aromatic heterocycles. The minimum absolute atomic E-state index is 0.228. The number of aliphatic carboxylic acids is 1. The van der Waals surface area contributed by atoms with Crippen molar-refractivity contribution in [1.82, 2.24) is 9.88 Å². The Morgan fingerprint density at radius 3 is 2.26 bits per heavy atom. The summed E-state index contributed by atoms with van der Waals surface area (Å²) in [5.41, 5.74) is 2.78. The van der Waals surface area contributed by atoms with E-state index in [0.29, 0.717) is 35.5 Å². The lowest BCUT2D eigenvalue weighted by Crippen LogP contribution is -2.40. The average Bonchev–Trinajstić information content (AvgIpc) is 2.90.